The molecule has 1 heterocycles. The molecule has 0 aliphatic carbocycles. The molecule has 0 aliphatic rings. The zero-order chi connectivity index (χ0) is 12.3. The summed E-state index contributed by atoms with van der Waals surface area (Å²) in [5.41, 5.74) is -1.16. The number of rotatable bonds is 3. The van der Waals surface area contributed by atoms with Crippen molar-refractivity contribution in [3.63, 3.8) is 0 Å². The first kappa shape index (κ1) is 13.2. The van der Waals surface area contributed by atoms with E-state index in [0.29, 0.717) is 6.07 Å². The molecular weight excluding hydrogens is 338 g/mol. The third kappa shape index (κ3) is 2.83. The molecule has 0 aromatic carbocycles. The molecule has 16 heavy (non-hydrogen) atoms. The van der Waals surface area contributed by atoms with E-state index in [1.807, 2.05) is 0 Å². The van der Waals surface area contributed by atoms with Crippen LogP contribution >= 0.6 is 22.6 Å². The predicted octanol–water partition coefficient (Wildman–Crippen LogP) is 2.94. The number of hydrogen-bond donors (Lipinski definition) is 0. The van der Waals surface area contributed by atoms with E-state index in [-0.39, 0.29) is 10.3 Å². The summed E-state index contributed by atoms with van der Waals surface area (Å²) < 4.78 is 42.4. The highest BCUT2D eigenvalue weighted by Gasteiger charge is 2.21. The standard InChI is InChI=1S/C9H7F3INO2/c1-2-16-9(15)4-3-5(7(11)12)14-8(13)6(4)10/h3,7H,2H2,1H3. The smallest absolute Gasteiger partial charge is 0.341 e. The van der Waals surface area contributed by atoms with Crippen LogP contribution in [0.3, 0.4) is 0 Å². The quantitative estimate of drug-likeness (QED) is 0.480. The summed E-state index contributed by atoms with van der Waals surface area (Å²) in [7, 11) is 0. The van der Waals surface area contributed by atoms with Crippen molar-refractivity contribution in [2.24, 2.45) is 0 Å². The number of halogens is 4. The number of carbonyl (C=O) groups excluding carboxylic acids is 1. The van der Waals surface area contributed by atoms with Crippen LogP contribution in [0.1, 0.15) is 29.4 Å². The van der Waals surface area contributed by atoms with Crippen molar-refractivity contribution >= 4 is 28.6 Å². The van der Waals surface area contributed by atoms with E-state index in [9.17, 15) is 18.0 Å². The number of alkyl halides is 2. The first-order valence-electron chi connectivity index (χ1n) is 4.28. The normalized spacial score (nSPS) is 10.6. The van der Waals surface area contributed by atoms with Gasteiger partial charge in [-0.05, 0) is 35.6 Å². The fourth-order valence-corrected chi connectivity index (χ4v) is 1.56. The minimum atomic E-state index is -2.86. The second-order valence-corrected chi connectivity index (χ2v) is 3.74. The largest absolute Gasteiger partial charge is 0.462 e. The lowest BCUT2D eigenvalue weighted by atomic mass is 10.2. The van der Waals surface area contributed by atoms with E-state index in [1.54, 1.807) is 0 Å². The van der Waals surface area contributed by atoms with E-state index < -0.39 is 29.5 Å². The number of esters is 1. The molecule has 0 saturated heterocycles. The molecule has 0 N–H and O–H groups in total. The van der Waals surface area contributed by atoms with Crippen molar-refractivity contribution in [1.29, 1.82) is 0 Å². The SMILES string of the molecule is CCOC(=O)c1cc(C(F)F)nc(I)c1F. The second kappa shape index (κ2) is 5.46. The highest BCUT2D eigenvalue weighted by atomic mass is 127. The molecule has 0 radical (unpaired) electrons. The summed E-state index contributed by atoms with van der Waals surface area (Å²) in [6, 6.07) is 0.708. The number of pyridine rings is 1. The molecule has 0 bridgehead atoms. The van der Waals surface area contributed by atoms with Crippen LogP contribution in [0.4, 0.5) is 13.2 Å². The van der Waals surface area contributed by atoms with Gasteiger partial charge in [0.05, 0.1) is 6.61 Å². The Morgan fingerprint density at radius 1 is 1.62 bits per heavy atom. The van der Waals surface area contributed by atoms with E-state index in [1.165, 1.54) is 29.5 Å². The molecule has 0 saturated carbocycles. The zero-order valence-corrected chi connectivity index (χ0v) is 10.3. The van der Waals surface area contributed by atoms with Crippen molar-refractivity contribution in [2.75, 3.05) is 6.61 Å². The van der Waals surface area contributed by atoms with Gasteiger partial charge in [0.2, 0.25) is 0 Å². The van der Waals surface area contributed by atoms with Crippen molar-refractivity contribution < 1.29 is 22.7 Å². The molecular formula is C9H7F3INO2. The Kier molecular flexibility index (Phi) is 4.51. The van der Waals surface area contributed by atoms with E-state index in [2.05, 4.69) is 9.72 Å². The molecule has 0 fully saturated rings. The number of nitrogens with zero attached hydrogens (tertiary/aromatic N) is 1. The minimum absolute atomic E-state index is 0.0428. The predicted molar refractivity (Wildman–Crippen MR) is 57.8 cm³/mol. The Labute approximate surface area is 103 Å². The summed E-state index contributed by atoms with van der Waals surface area (Å²) >= 11 is 1.44. The Bertz CT molecular complexity index is 412. The van der Waals surface area contributed by atoms with Gasteiger partial charge in [-0.15, -0.1) is 0 Å². The number of ether oxygens (including phenoxy) is 1. The lowest BCUT2D eigenvalue weighted by Gasteiger charge is -2.06. The average molecular weight is 345 g/mol. The van der Waals surface area contributed by atoms with Gasteiger partial charge in [0.15, 0.2) is 5.82 Å². The van der Waals surface area contributed by atoms with Crippen molar-refractivity contribution in [2.45, 2.75) is 13.3 Å². The van der Waals surface area contributed by atoms with Crippen LogP contribution in [-0.4, -0.2) is 17.6 Å². The Hall–Kier alpha value is -0.860. The summed E-state index contributed by atoms with van der Waals surface area (Å²) in [4.78, 5) is 14.6. The van der Waals surface area contributed by atoms with Gasteiger partial charge in [0.1, 0.15) is 15.0 Å². The van der Waals surface area contributed by atoms with Crippen LogP contribution in [0, 0.1) is 9.52 Å². The molecule has 1 rings (SSSR count). The fourth-order valence-electron chi connectivity index (χ4n) is 0.986. The lowest BCUT2D eigenvalue weighted by Crippen LogP contribution is -2.11. The number of hydrogen-bond acceptors (Lipinski definition) is 3. The number of aromatic nitrogens is 1. The highest BCUT2D eigenvalue weighted by molar-refractivity contribution is 14.1. The highest BCUT2D eigenvalue weighted by Crippen LogP contribution is 2.22. The summed E-state index contributed by atoms with van der Waals surface area (Å²) in [6.07, 6.45) is -2.86. The zero-order valence-electron chi connectivity index (χ0n) is 8.14. The first-order chi connectivity index (χ1) is 7.47. The van der Waals surface area contributed by atoms with E-state index in [0.717, 1.165) is 0 Å². The third-order valence-corrected chi connectivity index (χ3v) is 2.37. The first-order valence-corrected chi connectivity index (χ1v) is 5.36. The topological polar surface area (TPSA) is 39.2 Å². The molecule has 0 atom stereocenters. The second-order valence-electron chi connectivity index (χ2n) is 2.72. The Balaban J connectivity index is 3.21. The third-order valence-electron chi connectivity index (χ3n) is 1.66. The molecule has 0 spiro atoms. The van der Waals surface area contributed by atoms with Gasteiger partial charge in [-0.3, -0.25) is 0 Å². The van der Waals surface area contributed by atoms with Crippen LogP contribution in [0.15, 0.2) is 6.07 Å². The van der Waals surface area contributed by atoms with Gasteiger partial charge in [-0.2, -0.15) is 0 Å². The number of carbonyl (C=O) groups is 1. The maximum absolute atomic E-state index is 13.4. The monoisotopic (exact) mass is 345 g/mol. The molecule has 7 heteroatoms. The van der Waals surface area contributed by atoms with Gasteiger partial charge in [0.25, 0.3) is 6.43 Å². The van der Waals surface area contributed by atoms with Crippen LogP contribution < -0.4 is 0 Å². The average Bonchev–Trinajstić information content (AvgIpc) is 2.21. The fraction of sp³-hybridized carbons (Fsp3) is 0.333. The Morgan fingerprint density at radius 3 is 2.75 bits per heavy atom. The molecule has 0 amide bonds. The van der Waals surface area contributed by atoms with E-state index in [4.69, 9.17) is 0 Å². The maximum atomic E-state index is 13.4. The van der Waals surface area contributed by atoms with Crippen molar-refractivity contribution in [3.05, 3.63) is 26.8 Å². The van der Waals surface area contributed by atoms with Crippen molar-refractivity contribution in [3.8, 4) is 0 Å². The maximum Gasteiger partial charge on any atom is 0.341 e. The van der Waals surface area contributed by atoms with Gasteiger partial charge >= 0.3 is 5.97 Å². The molecule has 88 valence electrons. The van der Waals surface area contributed by atoms with Crippen LogP contribution in [0.5, 0.6) is 0 Å². The molecule has 1 aromatic rings. The van der Waals surface area contributed by atoms with Gasteiger partial charge in [-0.1, -0.05) is 0 Å². The summed E-state index contributed by atoms with van der Waals surface area (Å²) in [6.45, 7) is 1.58. The van der Waals surface area contributed by atoms with Crippen LogP contribution in [-0.2, 0) is 4.74 Å². The lowest BCUT2D eigenvalue weighted by molar-refractivity contribution is 0.0519. The van der Waals surface area contributed by atoms with Crippen LogP contribution in [0.25, 0.3) is 0 Å². The summed E-state index contributed by atoms with van der Waals surface area (Å²) in [5.74, 6) is -1.91. The van der Waals surface area contributed by atoms with Gasteiger partial charge in [0, 0.05) is 0 Å². The minimum Gasteiger partial charge on any atom is -0.462 e. The van der Waals surface area contributed by atoms with Gasteiger partial charge < -0.3 is 4.74 Å². The Morgan fingerprint density at radius 2 is 2.25 bits per heavy atom. The van der Waals surface area contributed by atoms with Gasteiger partial charge in [-0.25, -0.2) is 22.9 Å². The van der Waals surface area contributed by atoms with Crippen LogP contribution in [0.2, 0.25) is 0 Å². The molecule has 3 nitrogen and oxygen atoms in total. The van der Waals surface area contributed by atoms with Crippen molar-refractivity contribution in [1.82, 2.24) is 4.98 Å². The molecule has 0 unspecified atom stereocenters. The van der Waals surface area contributed by atoms with E-state index >= 15 is 0 Å². The molecule has 0 aliphatic heterocycles. The summed E-state index contributed by atoms with van der Waals surface area (Å²) in [5, 5.41) is 0. The molecule has 1 aromatic heterocycles.